The van der Waals surface area contributed by atoms with Crippen LogP contribution in [0.15, 0.2) is 12.2 Å². The number of fused-ring (bicyclic) bond motifs is 1. The van der Waals surface area contributed by atoms with Crippen molar-refractivity contribution < 1.29 is 0 Å². The van der Waals surface area contributed by atoms with Crippen molar-refractivity contribution in [2.45, 2.75) is 39.2 Å². The van der Waals surface area contributed by atoms with Crippen LogP contribution in [0, 0.1) is 17.8 Å². The van der Waals surface area contributed by atoms with Crippen molar-refractivity contribution in [2.75, 3.05) is 6.54 Å². The first-order chi connectivity index (χ1) is 6.22. The van der Waals surface area contributed by atoms with Gasteiger partial charge in [-0.1, -0.05) is 19.1 Å². The maximum atomic E-state index is 4.10. The first kappa shape index (κ1) is 9.26. The minimum Gasteiger partial charge on any atom is -0.310 e. The highest BCUT2D eigenvalue weighted by atomic mass is 14.9. The molecule has 0 amide bonds. The van der Waals surface area contributed by atoms with Gasteiger partial charge in [-0.25, -0.2) is 0 Å². The molecule has 13 heavy (non-hydrogen) atoms. The van der Waals surface area contributed by atoms with Gasteiger partial charge in [-0.15, -0.1) is 0 Å². The van der Waals surface area contributed by atoms with Gasteiger partial charge in [-0.3, -0.25) is 0 Å². The molecule has 3 atom stereocenters. The minimum absolute atomic E-state index is 0.595. The third-order valence-corrected chi connectivity index (χ3v) is 3.71. The van der Waals surface area contributed by atoms with Crippen molar-refractivity contribution in [3.63, 3.8) is 0 Å². The molecule has 0 heterocycles. The number of hydrogen-bond donors (Lipinski definition) is 1. The third-order valence-electron chi connectivity index (χ3n) is 3.71. The van der Waals surface area contributed by atoms with Crippen LogP contribution in [0.3, 0.4) is 0 Å². The topological polar surface area (TPSA) is 12.0 Å². The number of likely N-dealkylation sites (N-methyl/N-ethyl adjacent to an activating group) is 1. The Labute approximate surface area is 81.6 Å². The van der Waals surface area contributed by atoms with Crippen LogP contribution in [0.4, 0.5) is 0 Å². The predicted octanol–water partition coefficient (Wildman–Crippen LogP) is 2.59. The summed E-state index contributed by atoms with van der Waals surface area (Å²) in [4.78, 5) is 0. The highest BCUT2D eigenvalue weighted by Crippen LogP contribution is 2.55. The molecule has 3 unspecified atom stereocenters. The van der Waals surface area contributed by atoms with E-state index in [1.54, 1.807) is 0 Å². The standard InChI is InChI=1S/C12H21N/c1-4-13-12(8(2)3)11-6-9-5-10(9)7-11/h9-13H,2,4-7H2,1,3H3. The fourth-order valence-corrected chi connectivity index (χ4v) is 3.00. The largest absolute Gasteiger partial charge is 0.310 e. The normalized spacial score (nSPS) is 38.5. The Morgan fingerprint density at radius 1 is 1.38 bits per heavy atom. The van der Waals surface area contributed by atoms with E-state index in [2.05, 4.69) is 25.7 Å². The molecule has 1 nitrogen and oxygen atoms in total. The van der Waals surface area contributed by atoms with Crippen LogP contribution in [0.5, 0.6) is 0 Å². The van der Waals surface area contributed by atoms with Crippen molar-refractivity contribution in [3.8, 4) is 0 Å². The zero-order chi connectivity index (χ0) is 9.42. The Kier molecular flexibility index (Phi) is 2.46. The highest BCUT2D eigenvalue weighted by Gasteiger charge is 2.47. The van der Waals surface area contributed by atoms with E-state index < -0.39 is 0 Å². The molecule has 2 saturated carbocycles. The monoisotopic (exact) mass is 179 g/mol. The van der Waals surface area contributed by atoms with E-state index in [0.29, 0.717) is 6.04 Å². The summed E-state index contributed by atoms with van der Waals surface area (Å²) in [5.41, 5.74) is 1.33. The number of hydrogen-bond acceptors (Lipinski definition) is 1. The second-order valence-corrected chi connectivity index (χ2v) is 4.87. The summed E-state index contributed by atoms with van der Waals surface area (Å²) < 4.78 is 0. The van der Waals surface area contributed by atoms with Crippen molar-refractivity contribution >= 4 is 0 Å². The quantitative estimate of drug-likeness (QED) is 0.654. The molecule has 1 N–H and O–H groups in total. The average molecular weight is 179 g/mol. The molecule has 0 aromatic carbocycles. The van der Waals surface area contributed by atoms with Crippen LogP contribution >= 0.6 is 0 Å². The fourth-order valence-electron chi connectivity index (χ4n) is 3.00. The van der Waals surface area contributed by atoms with Crippen LogP contribution in [0.25, 0.3) is 0 Å². The van der Waals surface area contributed by atoms with E-state index in [0.717, 1.165) is 24.3 Å². The molecule has 2 fully saturated rings. The molecule has 0 radical (unpaired) electrons. The van der Waals surface area contributed by atoms with Crippen LogP contribution < -0.4 is 5.32 Å². The molecule has 2 aliphatic carbocycles. The molecule has 0 aromatic heterocycles. The van der Waals surface area contributed by atoms with Gasteiger partial charge in [0.15, 0.2) is 0 Å². The Morgan fingerprint density at radius 2 is 2.00 bits per heavy atom. The SMILES string of the molecule is C=C(C)C(NCC)C1CC2CC2C1. The van der Waals surface area contributed by atoms with Crippen LogP contribution in [0.2, 0.25) is 0 Å². The molecular formula is C12H21N. The van der Waals surface area contributed by atoms with Crippen molar-refractivity contribution in [2.24, 2.45) is 17.8 Å². The van der Waals surface area contributed by atoms with E-state index in [1.165, 1.54) is 24.8 Å². The molecule has 2 rings (SSSR count). The summed E-state index contributed by atoms with van der Waals surface area (Å²) in [7, 11) is 0. The smallest absolute Gasteiger partial charge is 0.0302 e. The first-order valence-electron chi connectivity index (χ1n) is 5.61. The second-order valence-electron chi connectivity index (χ2n) is 4.87. The molecule has 0 bridgehead atoms. The minimum atomic E-state index is 0.595. The van der Waals surface area contributed by atoms with Gasteiger partial charge in [0, 0.05) is 6.04 Å². The Bertz CT molecular complexity index is 199. The third kappa shape index (κ3) is 1.80. The van der Waals surface area contributed by atoms with Gasteiger partial charge in [0.1, 0.15) is 0 Å². The first-order valence-corrected chi connectivity index (χ1v) is 5.61. The fraction of sp³-hybridized carbons (Fsp3) is 0.833. The summed E-state index contributed by atoms with van der Waals surface area (Å²) in [6, 6.07) is 0.595. The molecule has 2 aliphatic rings. The lowest BCUT2D eigenvalue weighted by molar-refractivity contribution is 0.375. The lowest BCUT2D eigenvalue weighted by Crippen LogP contribution is -2.36. The summed E-state index contributed by atoms with van der Waals surface area (Å²) in [6.07, 6.45) is 4.43. The van der Waals surface area contributed by atoms with E-state index in [9.17, 15) is 0 Å². The van der Waals surface area contributed by atoms with Gasteiger partial charge >= 0.3 is 0 Å². The lowest BCUT2D eigenvalue weighted by atomic mass is 9.90. The molecule has 74 valence electrons. The van der Waals surface area contributed by atoms with Gasteiger partial charge in [-0.2, -0.15) is 0 Å². The van der Waals surface area contributed by atoms with Gasteiger partial charge in [0.05, 0.1) is 0 Å². The van der Waals surface area contributed by atoms with Gasteiger partial charge < -0.3 is 5.32 Å². The van der Waals surface area contributed by atoms with Crippen molar-refractivity contribution in [1.29, 1.82) is 0 Å². The average Bonchev–Trinajstić information content (AvgIpc) is 2.69. The van der Waals surface area contributed by atoms with Crippen LogP contribution in [-0.2, 0) is 0 Å². The molecule has 0 saturated heterocycles. The number of rotatable bonds is 4. The Hall–Kier alpha value is -0.300. The van der Waals surface area contributed by atoms with Crippen molar-refractivity contribution in [3.05, 3.63) is 12.2 Å². The lowest BCUT2D eigenvalue weighted by Gasteiger charge is -2.25. The van der Waals surface area contributed by atoms with E-state index >= 15 is 0 Å². The summed E-state index contributed by atoms with van der Waals surface area (Å²) in [5, 5.41) is 3.57. The maximum absolute atomic E-state index is 4.10. The zero-order valence-electron chi connectivity index (χ0n) is 8.84. The molecule has 1 heteroatoms. The zero-order valence-corrected chi connectivity index (χ0v) is 8.84. The summed E-state index contributed by atoms with van der Waals surface area (Å²) in [6.45, 7) is 9.52. The Balaban J connectivity index is 1.91. The molecular weight excluding hydrogens is 158 g/mol. The maximum Gasteiger partial charge on any atom is 0.0302 e. The molecule has 0 spiro atoms. The molecule has 0 aromatic rings. The highest BCUT2D eigenvalue weighted by molar-refractivity contribution is 5.09. The summed E-state index contributed by atoms with van der Waals surface area (Å²) >= 11 is 0. The predicted molar refractivity (Wildman–Crippen MR) is 56.6 cm³/mol. The van der Waals surface area contributed by atoms with Gasteiger partial charge in [-0.05, 0) is 50.5 Å². The van der Waals surface area contributed by atoms with Gasteiger partial charge in [0.25, 0.3) is 0 Å². The van der Waals surface area contributed by atoms with E-state index in [-0.39, 0.29) is 0 Å². The van der Waals surface area contributed by atoms with Crippen LogP contribution in [0.1, 0.15) is 33.1 Å². The summed E-state index contributed by atoms with van der Waals surface area (Å²) in [5.74, 6) is 3.07. The van der Waals surface area contributed by atoms with Crippen LogP contribution in [-0.4, -0.2) is 12.6 Å². The number of nitrogens with one attached hydrogen (secondary N) is 1. The Morgan fingerprint density at radius 3 is 2.46 bits per heavy atom. The van der Waals surface area contributed by atoms with E-state index in [1.807, 2.05) is 0 Å². The van der Waals surface area contributed by atoms with E-state index in [4.69, 9.17) is 0 Å². The second kappa shape index (κ2) is 3.45. The van der Waals surface area contributed by atoms with Gasteiger partial charge in [0.2, 0.25) is 0 Å². The molecule has 0 aliphatic heterocycles. The van der Waals surface area contributed by atoms with Crippen molar-refractivity contribution in [1.82, 2.24) is 5.32 Å².